The third-order valence-electron chi connectivity index (χ3n) is 3.17. The first-order chi connectivity index (χ1) is 9.35. The van der Waals surface area contributed by atoms with Crippen LogP contribution >= 0.6 is 11.3 Å². The van der Waals surface area contributed by atoms with Gasteiger partial charge in [-0.05, 0) is 12.1 Å². The molecule has 0 radical (unpaired) electrons. The molecule has 110 valence electrons. The molecule has 4 nitrogen and oxygen atoms in total. The number of rotatable bonds is 6. The Morgan fingerprint density at radius 1 is 1.50 bits per heavy atom. The van der Waals surface area contributed by atoms with Gasteiger partial charge in [-0.1, -0.05) is 19.6 Å². The summed E-state index contributed by atoms with van der Waals surface area (Å²) < 4.78 is 5.76. The Morgan fingerprint density at radius 2 is 2.25 bits per heavy atom. The Balaban J connectivity index is 1.86. The fourth-order valence-corrected chi connectivity index (χ4v) is 3.75. The number of ether oxygens (including phenoxy) is 1. The molecule has 6 heteroatoms. The molecule has 0 saturated carbocycles. The van der Waals surface area contributed by atoms with Crippen LogP contribution in [0.2, 0.25) is 25.7 Å². The molecule has 2 heterocycles. The third-order valence-corrected chi connectivity index (χ3v) is 5.98. The van der Waals surface area contributed by atoms with Crippen LogP contribution in [0.15, 0.2) is 17.8 Å². The summed E-state index contributed by atoms with van der Waals surface area (Å²) >= 11 is 1.69. The Morgan fingerprint density at radius 3 is 2.90 bits per heavy atom. The summed E-state index contributed by atoms with van der Waals surface area (Å²) in [6.45, 7) is 8.52. The number of amides is 1. The number of carbonyl (C=O) groups excluding carboxylic acids is 1. The standard InChI is InChI=1S/C14H22N2O2SSi/c1-20(2,3)5-4-18-9-11-7-12-13(19-11)6-10(8-16-12)14(15)17/h7-8,16H,4-6,9H2,1-3H3,(H2,15,17). The molecule has 1 amide bonds. The molecule has 0 aliphatic carbocycles. The number of carbonyl (C=O) groups is 1. The van der Waals surface area contributed by atoms with Crippen LogP contribution in [0.25, 0.3) is 0 Å². The van der Waals surface area contributed by atoms with E-state index in [2.05, 4.69) is 31.0 Å². The van der Waals surface area contributed by atoms with Crippen LogP contribution in [0, 0.1) is 0 Å². The zero-order chi connectivity index (χ0) is 14.8. The minimum Gasteiger partial charge on any atom is -0.376 e. The van der Waals surface area contributed by atoms with Crippen molar-refractivity contribution in [2.45, 2.75) is 38.7 Å². The van der Waals surface area contributed by atoms with Gasteiger partial charge in [-0.15, -0.1) is 11.3 Å². The van der Waals surface area contributed by atoms with E-state index in [0.29, 0.717) is 18.6 Å². The summed E-state index contributed by atoms with van der Waals surface area (Å²) in [6.07, 6.45) is 2.32. The normalized spacial score (nSPS) is 14.4. The Kier molecular flexibility index (Phi) is 4.67. The van der Waals surface area contributed by atoms with Gasteiger partial charge in [0.25, 0.3) is 0 Å². The van der Waals surface area contributed by atoms with Gasteiger partial charge in [0, 0.05) is 42.6 Å². The molecule has 1 aromatic heterocycles. The van der Waals surface area contributed by atoms with Gasteiger partial charge in [0.15, 0.2) is 0 Å². The molecule has 0 aromatic carbocycles. The lowest BCUT2D eigenvalue weighted by Crippen LogP contribution is -2.21. The van der Waals surface area contributed by atoms with Gasteiger partial charge in [-0.3, -0.25) is 4.79 Å². The maximum absolute atomic E-state index is 11.2. The van der Waals surface area contributed by atoms with E-state index in [1.54, 1.807) is 17.5 Å². The van der Waals surface area contributed by atoms with E-state index in [1.807, 2.05) is 0 Å². The van der Waals surface area contributed by atoms with Gasteiger partial charge in [0.05, 0.1) is 12.3 Å². The highest BCUT2D eigenvalue weighted by molar-refractivity contribution is 7.12. The topological polar surface area (TPSA) is 64.3 Å². The molecular weight excluding hydrogens is 288 g/mol. The van der Waals surface area contributed by atoms with Crippen molar-refractivity contribution in [1.29, 1.82) is 0 Å². The minimum absolute atomic E-state index is 0.357. The van der Waals surface area contributed by atoms with Crippen LogP contribution in [-0.2, 0) is 22.6 Å². The molecule has 0 unspecified atom stereocenters. The van der Waals surface area contributed by atoms with Crippen molar-refractivity contribution in [1.82, 2.24) is 0 Å². The highest BCUT2D eigenvalue weighted by atomic mass is 32.1. The fraction of sp³-hybridized carbons (Fsp3) is 0.500. The van der Waals surface area contributed by atoms with Gasteiger partial charge >= 0.3 is 0 Å². The molecular formula is C14H22N2O2SSi. The lowest BCUT2D eigenvalue weighted by atomic mass is 10.1. The molecule has 1 aliphatic heterocycles. The van der Waals surface area contributed by atoms with Crippen molar-refractivity contribution in [3.05, 3.63) is 27.6 Å². The van der Waals surface area contributed by atoms with E-state index in [0.717, 1.165) is 17.2 Å². The van der Waals surface area contributed by atoms with Crippen molar-refractivity contribution in [3.8, 4) is 0 Å². The van der Waals surface area contributed by atoms with E-state index < -0.39 is 8.07 Å². The van der Waals surface area contributed by atoms with E-state index in [4.69, 9.17) is 10.5 Å². The first-order valence-corrected chi connectivity index (χ1v) is 11.3. The quantitative estimate of drug-likeness (QED) is 0.627. The molecule has 0 bridgehead atoms. The molecule has 3 N–H and O–H groups in total. The van der Waals surface area contributed by atoms with Gasteiger partial charge in [-0.2, -0.15) is 0 Å². The maximum Gasteiger partial charge on any atom is 0.246 e. The van der Waals surface area contributed by atoms with Gasteiger partial charge in [0.1, 0.15) is 0 Å². The number of anilines is 1. The molecule has 0 atom stereocenters. The van der Waals surface area contributed by atoms with Crippen molar-refractivity contribution < 1.29 is 9.53 Å². The lowest BCUT2D eigenvalue weighted by Gasteiger charge is -2.14. The number of thiophene rings is 1. The Hall–Kier alpha value is -1.11. The first-order valence-electron chi connectivity index (χ1n) is 6.80. The molecule has 0 saturated heterocycles. The van der Waals surface area contributed by atoms with Crippen LogP contribution in [0.1, 0.15) is 9.75 Å². The summed E-state index contributed by atoms with van der Waals surface area (Å²) in [5.41, 5.74) is 7.01. The van der Waals surface area contributed by atoms with Gasteiger partial charge in [-0.25, -0.2) is 0 Å². The first kappa shape index (κ1) is 15.3. The lowest BCUT2D eigenvalue weighted by molar-refractivity contribution is -0.114. The number of fused-ring (bicyclic) bond motifs is 1. The molecule has 1 aliphatic rings. The average molecular weight is 310 g/mol. The average Bonchev–Trinajstić information content (AvgIpc) is 2.75. The van der Waals surface area contributed by atoms with E-state index >= 15 is 0 Å². The number of primary amides is 1. The van der Waals surface area contributed by atoms with Gasteiger partial charge < -0.3 is 15.8 Å². The van der Waals surface area contributed by atoms with Crippen LogP contribution in [0.4, 0.5) is 5.69 Å². The summed E-state index contributed by atoms with van der Waals surface area (Å²) in [6, 6.07) is 3.28. The predicted molar refractivity (Wildman–Crippen MR) is 86.7 cm³/mol. The summed E-state index contributed by atoms with van der Waals surface area (Å²) in [5.74, 6) is -0.357. The zero-order valence-corrected chi connectivity index (χ0v) is 14.1. The van der Waals surface area contributed by atoms with Crippen LogP contribution in [0.5, 0.6) is 0 Å². The molecule has 0 spiro atoms. The largest absolute Gasteiger partial charge is 0.376 e. The Labute approximate surface area is 125 Å². The smallest absolute Gasteiger partial charge is 0.246 e. The van der Waals surface area contributed by atoms with Crippen LogP contribution in [0.3, 0.4) is 0 Å². The monoisotopic (exact) mass is 310 g/mol. The second kappa shape index (κ2) is 6.11. The summed E-state index contributed by atoms with van der Waals surface area (Å²) in [5, 5.41) is 3.13. The number of hydrogen-bond donors (Lipinski definition) is 2. The highest BCUT2D eigenvalue weighted by Crippen LogP contribution is 2.32. The van der Waals surface area contributed by atoms with Crippen LogP contribution < -0.4 is 11.1 Å². The van der Waals surface area contributed by atoms with E-state index in [1.165, 1.54) is 10.9 Å². The van der Waals surface area contributed by atoms with Crippen molar-refractivity contribution in [3.63, 3.8) is 0 Å². The number of nitrogens with two attached hydrogens (primary N) is 1. The van der Waals surface area contributed by atoms with E-state index in [-0.39, 0.29) is 5.91 Å². The van der Waals surface area contributed by atoms with Gasteiger partial charge in [0.2, 0.25) is 5.91 Å². The third kappa shape index (κ3) is 4.19. The predicted octanol–water partition coefficient (Wildman–Crippen LogP) is 2.94. The van der Waals surface area contributed by atoms with Crippen molar-refractivity contribution in [2.24, 2.45) is 5.73 Å². The zero-order valence-electron chi connectivity index (χ0n) is 12.3. The van der Waals surface area contributed by atoms with Crippen molar-refractivity contribution >= 4 is 31.0 Å². The molecule has 2 rings (SSSR count). The second-order valence-corrected chi connectivity index (χ2v) is 13.1. The minimum atomic E-state index is -1.02. The second-order valence-electron chi connectivity index (χ2n) is 6.27. The molecule has 20 heavy (non-hydrogen) atoms. The van der Waals surface area contributed by atoms with E-state index in [9.17, 15) is 4.79 Å². The number of nitrogens with one attached hydrogen (secondary N) is 1. The Bertz CT molecular complexity index is 532. The molecule has 0 fully saturated rings. The highest BCUT2D eigenvalue weighted by Gasteiger charge is 2.18. The summed E-state index contributed by atoms with van der Waals surface area (Å²) in [7, 11) is -1.02. The number of hydrogen-bond acceptors (Lipinski definition) is 4. The summed E-state index contributed by atoms with van der Waals surface area (Å²) in [4.78, 5) is 13.5. The fourth-order valence-electron chi connectivity index (χ4n) is 1.91. The SMILES string of the molecule is C[Si](C)(C)CCOCc1cc2c(s1)CC(C(N)=O)=CN2. The van der Waals surface area contributed by atoms with Crippen LogP contribution in [-0.4, -0.2) is 20.6 Å². The molecule has 1 aromatic rings. The maximum atomic E-state index is 11.2. The van der Waals surface area contributed by atoms with Crippen molar-refractivity contribution in [2.75, 3.05) is 11.9 Å².